The second-order valence-corrected chi connectivity index (χ2v) is 5.01. The van der Waals surface area contributed by atoms with Crippen LogP contribution in [0.3, 0.4) is 0 Å². The minimum absolute atomic E-state index is 0.126. The maximum atomic E-state index is 8.97. The minimum atomic E-state index is 0.126. The molecule has 1 aliphatic rings. The molecule has 0 atom stereocenters. The summed E-state index contributed by atoms with van der Waals surface area (Å²) >= 11 is 0. The lowest BCUT2D eigenvalue weighted by atomic mass is 10.1. The van der Waals surface area contributed by atoms with Gasteiger partial charge in [-0.2, -0.15) is 0 Å². The highest BCUT2D eigenvalue weighted by molar-refractivity contribution is 5.21. The molecule has 0 saturated heterocycles. The molecule has 1 fully saturated rings. The molecule has 0 unspecified atom stereocenters. The van der Waals surface area contributed by atoms with E-state index in [1.807, 2.05) is 12.1 Å². The van der Waals surface area contributed by atoms with Crippen molar-refractivity contribution in [2.75, 3.05) is 19.6 Å². The second kappa shape index (κ2) is 6.88. The van der Waals surface area contributed by atoms with Gasteiger partial charge in [-0.3, -0.25) is 4.90 Å². The van der Waals surface area contributed by atoms with Gasteiger partial charge in [0, 0.05) is 25.7 Å². The van der Waals surface area contributed by atoms with Crippen molar-refractivity contribution >= 4 is 0 Å². The normalized spacial score (nSPS) is 15.3. The molecule has 0 aromatic heterocycles. The molecule has 0 radical (unpaired) electrons. The van der Waals surface area contributed by atoms with Crippen LogP contribution in [-0.4, -0.2) is 35.7 Å². The highest BCUT2D eigenvalue weighted by atomic mass is 16.3. The Balaban J connectivity index is 1.64. The number of likely N-dealkylation sites (N-methyl/N-ethyl adjacent to an activating group) is 1. The Hall–Kier alpha value is -0.900. The van der Waals surface area contributed by atoms with Gasteiger partial charge in [-0.25, -0.2) is 0 Å². The summed E-state index contributed by atoms with van der Waals surface area (Å²) in [6, 6.07) is 8.99. The van der Waals surface area contributed by atoms with Crippen molar-refractivity contribution in [3.05, 3.63) is 35.4 Å². The molecule has 0 spiro atoms. The predicted molar refractivity (Wildman–Crippen MR) is 74.3 cm³/mol. The molecule has 0 heterocycles. The molecular weight excluding hydrogens is 224 g/mol. The van der Waals surface area contributed by atoms with E-state index >= 15 is 0 Å². The van der Waals surface area contributed by atoms with Crippen molar-refractivity contribution < 1.29 is 5.11 Å². The third-order valence-corrected chi connectivity index (χ3v) is 3.58. The quantitative estimate of drug-likeness (QED) is 0.688. The third kappa shape index (κ3) is 4.09. The van der Waals surface area contributed by atoms with E-state index in [0.29, 0.717) is 0 Å². The number of nitrogens with one attached hydrogen (secondary N) is 1. The van der Waals surface area contributed by atoms with Crippen molar-refractivity contribution in [1.29, 1.82) is 0 Å². The summed E-state index contributed by atoms with van der Waals surface area (Å²) < 4.78 is 0. The van der Waals surface area contributed by atoms with Crippen LogP contribution in [0.2, 0.25) is 0 Å². The number of aliphatic hydroxyl groups excluding tert-OH is 1. The summed E-state index contributed by atoms with van der Waals surface area (Å²) in [5, 5.41) is 12.5. The molecule has 0 bridgehead atoms. The van der Waals surface area contributed by atoms with Crippen LogP contribution in [0.25, 0.3) is 0 Å². The maximum Gasteiger partial charge on any atom is 0.0681 e. The highest BCUT2D eigenvalue weighted by Crippen LogP contribution is 2.25. The first-order chi connectivity index (χ1) is 8.83. The molecule has 1 aromatic carbocycles. The first-order valence-corrected chi connectivity index (χ1v) is 6.97. The van der Waals surface area contributed by atoms with Gasteiger partial charge >= 0.3 is 0 Å². The Morgan fingerprint density at radius 2 is 1.89 bits per heavy atom. The van der Waals surface area contributed by atoms with Crippen LogP contribution < -0.4 is 5.32 Å². The number of hydrogen-bond acceptors (Lipinski definition) is 3. The number of hydrogen-bond donors (Lipinski definition) is 2. The fourth-order valence-electron chi connectivity index (χ4n) is 2.26. The van der Waals surface area contributed by atoms with Crippen LogP contribution >= 0.6 is 0 Å². The van der Waals surface area contributed by atoms with Gasteiger partial charge in [0.2, 0.25) is 0 Å². The van der Waals surface area contributed by atoms with Gasteiger partial charge in [-0.1, -0.05) is 31.2 Å². The molecule has 3 nitrogen and oxygen atoms in total. The van der Waals surface area contributed by atoms with E-state index < -0.39 is 0 Å². The van der Waals surface area contributed by atoms with E-state index in [2.05, 4.69) is 29.3 Å². The fraction of sp³-hybridized carbons (Fsp3) is 0.600. The van der Waals surface area contributed by atoms with Crippen LogP contribution in [0.5, 0.6) is 0 Å². The topological polar surface area (TPSA) is 35.5 Å². The van der Waals surface area contributed by atoms with E-state index in [0.717, 1.165) is 37.8 Å². The van der Waals surface area contributed by atoms with E-state index in [9.17, 15) is 0 Å². The van der Waals surface area contributed by atoms with Gasteiger partial charge in [-0.15, -0.1) is 0 Å². The van der Waals surface area contributed by atoms with Gasteiger partial charge < -0.3 is 10.4 Å². The van der Waals surface area contributed by atoms with Crippen LogP contribution in [-0.2, 0) is 13.2 Å². The molecule has 2 N–H and O–H groups in total. The number of nitrogens with zero attached hydrogens (tertiary/aromatic N) is 1. The molecule has 18 heavy (non-hydrogen) atoms. The van der Waals surface area contributed by atoms with Crippen molar-refractivity contribution in [3.63, 3.8) is 0 Å². The lowest BCUT2D eigenvalue weighted by Crippen LogP contribution is -2.33. The summed E-state index contributed by atoms with van der Waals surface area (Å²) in [7, 11) is 0. The summed E-state index contributed by atoms with van der Waals surface area (Å²) in [6.07, 6.45) is 2.77. The van der Waals surface area contributed by atoms with Gasteiger partial charge in [0.1, 0.15) is 0 Å². The molecule has 1 aliphatic carbocycles. The van der Waals surface area contributed by atoms with E-state index in [1.54, 1.807) is 0 Å². The minimum Gasteiger partial charge on any atom is -0.392 e. The van der Waals surface area contributed by atoms with E-state index in [-0.39, 0.29) is 6.61 Å². The zero-order valence-electron chi connectivity index (χ0n) is 11.2. The summed E-state index contributed by atoms with van der Waals surface area (Å²) in [5.41, 5.74) is 2.26. The van der Waals surface area contributed by atoms with Gasteiger partial charge in [0.05, 0.1) is 6.61 Å². The standard InChI is InChI=1S/C15H24N2O/c1-2-17(15-7-8-15)10-9-16-11-13-3-5-14(12-18)6-4-13/h3-6,15-16,18H,2,7-12H2,1H3. The summed E-state index contributed by atoms with van der Waals surface area (Å²) in [6.45, 7) is 6.64. The lowest BCUT2D eigenvalue weighted by Gasteiger charge is -2.19. The Kier molecular flexibility index (Phi) is 5.17. The maximum absolute atomic E-state index is 8.97. The smallest absolute Gasteiger partial charge is 0.0681 e. The highest BCUT2D eigenvalue weighted by Gasteiger charge is 2.26. The SMILES string of the molecule is CCN(CCNCc1ccc(CO)cc1)C1CC1. The van der Waals surface area contributed by atoms with Gasteiger partial charge in [0.15, 0.2) is 0 Å². The molecule has 0 aliphatic heterocycles. The zero-order valence-corrected chi connectivity index (χ0v) is 11.2. The monoisotopic (exact) mass is 248 g/mol. The second-order valence-electron chi connectivity index (χ2n) is 5.01. The first-order valence-electron chi connectivity index (χ1n) is 6.97. The van der Waals surface area contributed by atoms with E-state index in [4.69, 9.17) is 5.11 Å². The molecule has 1 saturated carbocycles. The number of benzene rings is 1. The Morgan fingerprint density at radius 1 is 1.22 bits per heavy atom. The van der Waals surface area contributed by atoms with Crippen molar-refractivity contribution in [3.8, 4) is 0 Å². The van der Waals surface area contributed by atoms with Crippen molar-refractivity contribution in [1.82, 2.24) is 10.2 Å². The molecule has 1 aromatic rings. The fourth-order valence-corrected chi connectivity index (χ4v) is 2.26. The molecule has 100 valence electrons. The van der Waals surface area contributed by atoms with Crippen molar-refractivity contribution in [2.45, 2.75) is 39.0 Å². The lowest BCUT2D eigenvalue weighted by molar-refractivity contribution is 0.277. The summed E-state index contributed by atoms with van der Waals surface area (Å²) in [4.78, 5) is 2.56. The van der Waals surface area contributed by atoms with Crippen LogP contribution in [0.1, 0.15) is 30.9 Å². The van der Waals surface area contributed by atoms with Crippen LogP contribution in [0, 0.1) is 0 Å². The van der Waals surface area contributed by atoms with Gasteiger partial charge in [0.25, 0.3) is 0 Å². The zero-order chi connectivity index (χ0) is 12.8. The van der Waals surface area contributed by atoms with Crippen LogP contribution in [0.4, 0.5) is 0 Å². The number of aliphatic hydroxyl groups is 1. The van der Waals surface area contributed by atoms with E-state index in [1.165, 1.54) is 18.4 Å². The Morgan fingerprint density at radius 3 is 2.44 bits per heavy atom. The van der Waals surface area contributed by atoms with Crippen LogP contribution in [0.15, 0.2) is 24.3 Å². The average Bonchev–Trinajstić information content (AvgIpc) is 3.24. The Bertz CT molecular complexity index is 346. The largest absolute Gasteiger partial charge is 0.392 e. The Labute approximate surface area is 110 Å². The average molecular weight is 248 g/mol. The molecule has 0 amide bonds. The number of rotatable bonds is 8. The molecule has 3 heteroatoms. The third-order valence-electron chi connectivity index (χ3n) is 3.58. The first kappa shape index (κ1) is 13.5. The predicted octanol–water partition coefficient (Wildman–Crippen LogP) is 1.75. The van der Waals surface area contributed by atoms with Crippen molar-refractivity contribution in [2.24, 2.45) is 0 Å². The van der Waals surface area contributed by atoms with Gasteiger partial charge in [-0.05, 0) is 30.5 Å². The molecule has 2 rings (SSSR count). The molecular formula is C15H24N2O. The summed E-state index contributed by atoms with van der Waals surface area (Å²) in [5.74, 6) is 0.